The Morgan fingerprint density at radius 3 is 1.76 bits per heavy atom. The Labute approximate surface area is 218 Å². The lowest BCUT2D eigenvalue weighted by Crippen LogP contribution is -2.47. The molecule has 7 rings (SSSR count). The van der Waals surface area contributed by atoms with Gasteiger partial charge in [0.1, 0.15) is 17.1 Å². The minimum Gasteiger partial charge on any atom is -0.422 e. The smallest absolute Gasteiger partial charge is 0.343 e. The van der Waals surface area contributed by atoms with E-state index in [0.717, 1.165) is 0 Å². The molecule has 2 atom stereocenters. The summed E-state index contributed by atoms with van der Waals surface area (Å²) in [5.41, 5.74) is -0.109. The minimum atomic E-state index is -1.05. The zero-order chi connectivity index (χ0) is 26.4. The maximum atomic E-state index is 14.1. The Morgan fingerprint density at radius 1 is 0.763 bits per heavy atom. The summed E-state index contributed by atoms with van der Waals surface area (Å²) >= 11 is 0. The molecule has 0 saturated heterocycles. The van der Waals surface area contributed by atoms with Crippen molar-refractivity contribution in [3.05, 3.63) is 118 Å². The summed E-state index contributed by atoms with van der Waals surface area (Å²) in [4.78, 5) is 54.0. The summed E-state index contributed by atoms with van der Waals surface area (Å²) in [6.07, 6.45) is 4.89. The molecule has 38 heavy (non-hydrogen) atoms. The van der Waals surface area contributed by atoms with Gasteiger partial charge in [0.25, 0.3) is 0 Å². The van der Waals surface area contributed by atoms with Gasteiger partial charge in [0.2, 0.25) is 0 Å². The molecule has 0 N–H and O–H groups in total. The van der Waals surface area contributed by atoms with Crippen LogP contribution >= 0.6 is 0 Å². The fourth-order valence-corrected chi connectivity index (χ4v) is 5.46. The van der Waals surface area contributed by atoms with Crippen molar-refractivity contribution >= 4 is 23.5 Å². The molecule has 4 aliphatic rings. The first-order chi connectivity index (χ1) is 18.4. The molecule has 0 aliphatic heterocycles. The Morgan fingerprint density at radius 2 is 1.29 bits per heavy atom. The molecule has 0 aromatic heterocycles. The maximum absolute atomic E-state index is 14.1. The van der Waals surface area contributed by atoms with Crippen LogP contribution in [0.5, 0.6) is 11.5 Å². The van der Waals surface area contributed by atoms with Crippen LogP contribution in [0.1, 0.15) is 54.3 Å². The van der Waals surface area contributed by atoms with Crippen molar-refractivity contribution in [1.29, 1.82) is 0 Å². The molecule has 0 unspecified atom stereocenters. The standard InChI is InChI=1S/C31H22O7/c1-36-31-16-14-18(15-17-31)23-26(31)28(33)25-22(38-30(35)20-10-6-3-7-11-20)13-12-21(24(25)27(23)32)37-29(34)19-8-4-2-5-9-19/h2-14,16,18H,15,17H2,1H3/t18-,31-/m0/s1. The summed E-state index contributed by atoms with van der Waals surface area (Å²) < 4.78 is 17.1. The van der Waals surface area contributed by atoms with Gasteiger partial charge in [-0.25, -0.2) is 9.59 Å². The van der Waals surface area contributed by atoms with E-state index in [0.29, 0.717) is 18.4 Å². The van der Waals surface area contributed by atoms with E-state index in [9.17, 15) is 19.2 Å². The summed E-state index contributed by atoms with van der Waals surface area (Å²) in [6, 6.07) is 19.4. The number of allylic oxidation sites excluding steroid dienone is 2. The van der Waals surface area contributed by atoms with E-state index in [1.807, 2.05) is 12.2 Å². The first kappa shape index (κ1) is 23.8. The fraction of sp³-hybridized carbons (Fsp3) is 0.161. The number of carbonyl (C=O) groups excluding carboxylic acids is 4. The van der Waals surface area contributed by atoms with Crippen molar-refractivity contribution in [2.75, 3.05) is 7.11 Å². The number of fused-ring (bicyclic) bond motifs is 2. The highest BCUT2D eigenvalue weighted by Crippen LogP contribution is 2.52. The first-order valence-electron chi connectivity index (χ1n) is 12.2. The summed E-state index contributed by atoms with van der Waals surface area (Å²) in [5.74, 6) is -2.73. The van der Waals surface area contributed by atoms with Crippen LogP contribution in [0.2, 0.25) is 0 Å². The third kappa shape index (κ3) is 3.63. The average molecular weight is 507 g/mol. The molecule has 3 aromatic rings. The van der Waals surface area contributed by atoms with Crippen molar-refractivity contribution in [2.45, 2.75) is 18.4 Å². The average Bonchev–Trinajstić information content (AvgIpc) is 2.97. The summed E-state index contributed by atoms with van der Waals surface area (Å²) in [5, 5.41) is 0. The molecule has 0 spiro atoms. The number of hydrogen-bond donors (Lipinski definition) is 0. The highest BCUT2D eigenvalue weighted by Gasteiger charge is 2.52. The topological polar surface area (TPSA) is 96.0 Å². The molecule has 0 radical (unpaired) electrons. The van der Waals surface area contributed by atoms with Gasteiger partial charge in [-0.1, -0.05) is 48.6 Å². The molecular formula is C31H22O7. The van der Waals surface area contributed by atoms with Crippen LogP contribution in [0.4, 0.5) is 0 Å². The molecule has 0 amide bonds. The van der Waals surface area contributed by atoms with Gasteiger partial charge < -0.3 is 14.2 Å². The monoisotopic (exact) mass is 506 g/mol. The summed E-state index contributed by atoms with van der Waals surface area (Å²) in [7, 11) is 1.50. The molecule has 3 aromatic carbocycles. The van der Waals surface area contributed by atoms with Crippen molar-refractivity contribution in [2.24, 2.45) is 5.92 Å². The number of carbonyl (C=O) groups is 4. The van der Waals surface area contributed by atoms with E-state index in [4.69, 9.17) is 14.2 Å². The largest absolute Gasteiger partial charge is 0.422 e. The van der Waals surface area contributed by atoms with Gasteiger partial charge in [-0.2, -0.15) is 0 Å². The Bertz CT molecular complexity index is 1570. The number of Topliss-reactive ketones (excluding diaryl/α,β-unsaturated/α-hetero) is 2. The maximum Gasteiger partial charge on any atom is 0.343 e. The van der Waals surface area contributed by atoms with Crippen molar-refractivity contribution in [3.63, 3.8) is 0 Å². The lowest BCUT2D eigenvalue weighted by atomic mass is 9.62. The number of ether oxygens (including phenoxy) is 3. The third-order valence-corrected chi connectivity index (χ3v) is 7.33. The number of hydrogen-bond acceptors (Lipinski definition) is 7. The minimum absolute atomic E-state index is 0.0739. The predicted molar refractivity (Wildman–Crippen MR) is 137 cm³/mol. The fourth-order valence-electron chi connectivity index (χ4n) is 5.46. The Hall–Kier alpha value is -4.62. The first-order valence-corrected chi connectivity index (χ1v) is 12.2. The Balaban J connectivity index is 1.49. The van der Waals surface area contributed by atoms with Gasteiger partial charge in [0.05, 0.1) is 22.3 Å². The third-order valence-electron chi connectivity index (χ3n) is 7.33. The Kier molecular flexibility index (Phi) is 5.65. The van der Waals surface area contributed by atoms with Crippen LogP contribution in [0.3, 0.4) is 0 Å². The van der Waals surface area contributed by atoms with Crippen molar-refractivity contribution < 1.29 is 33.4 Å². The van der Waals surface area contributed by atoms with Gasteiger partial charge in [-0.3, -0.25) is 9.59 Å². The predicted octanol–water partition coefficient (Wildman–Crippen LogP) is 5.17. The number of ketones is 2. The van der Waals surface area contributed by atoms with Crippen molar-refractivity contribution in [3.8, 4) is 11.5 Å². The highest BCUT2D eigenvalue weighted by molar-refractivity contribution is 6.30. The molecule has 0 fully saturated rings. The highest BCUT2D eigenvalue weighted by atomic mass is 16.5. The molecule has 2 bridgehead atoms. The van der Waals surface area contributed by atoms with Crippen LogP contribution in [-0.2, 0) is 4.74 Å². The van der Waals surface area contributed by atoms with Gasteiger partial charge in [0.15, 0.2) is 11.6 Å². The quantitative estimate of drug-likeness (QED) is 0.268. The van der Waals surface area contributed by atoms with Crippen molar-refractivity contribution in [1.82, 2.24) is 0 Å². The van der Waals surface area contributed by atoms with E-state index < -0.39 is 29.1 Å². The molecule has 7 heteroatoms. The van der Waals surface area contributed by atoms with E-state index in [1.54, 1.807) is 60.7 Å². The van der Waals surface area contributed by atoms with Gasteiger partial charge >= 0.3 is 11.9 Å². The molecule has 0 saturated carbocycles. The number of benzene rings is 3. The second-order valence-corrected chi connectivity index (χ2v) is 9.37. The van der Waals surface area contributed by atoms with E-state index in [2.05, 4.69) is 0 Å². The van der Waals surface area contributed by atoms with E-state index >= 15 is 0 Å². The van der Waals surface area contributed by atoms with Crippen LogP contribution < -0.4 is 9.47 Å². The molecular weight excluding hydrogens is 484 g/mol. The zero-order valence-corrected chi connectivity index (χ0v) is 20.4. The second kappa shape index (κ2) is 9.04. The molecule has 188 valence electrons. The second-order valence-electron chi connectivity index (χ2n) is 9.37. The SMILES string of the molecule is CO[C@@]12C=C[C@@H](CC1)C1=C2C(=O)c2c(OC(=O)c3ccccc3)ccc(OC(=O)c3ccccc3)c2C1=O. The lowest BCUT2D eigenvalue weighted by molar-refractivity contribution is 0.0341. The van der Waals surface area contributed by atoms with Gasteiger partial charge in [0, 0.05) is 24.2 Å². The van der Waals surface area contributed by atoms with Gasteiger partial charge in [-0.15, -0.1) is 0 Å². The van der Waals surface area contributed by atoms with E-state index in [1.165, 1.54) is 19.2 Å². The zero-order valence-electron chi connectivity index (χ0n) is 20.4. The molecule has 7 nitrogen and oxygen atoms in total. The van der Waals surface area contributed by atoms with Crippen LogP contribution in [0.25, 0.3) is 0 Å². The number of rotatable bonds is 5. The lowest BCUT2D eigenvalue weighted by Gasteiger charge is -2.45. The van der Waals surface area contributed by atoms with E-state index in [-0.39, 0.29) is 45.2 Å². The van der Waals surface area contributed by atoms with Gasteiger partial charge in [-0.05, 0) is 49.2 Å². The normalized spacial score (nSPS) is 21.1. The molecule has 4 aliphatic carbocycles. The van der Waals surface area contributed by atoms with Crippen LogP contribution in [-0.4, -0.2) is 36.2 Å². The van der Waals surface area contributed by atoms with Crippen LogP contribution in [0, 0.1) is 5.92 Å². The molecule has 0 heterocycles. The number of methoxy groups -OCH3 is 1. The number of esters is 2. The van der Waals surface area contributed by atoms with Crippen LogP contribution in [0.15, 0.2) is 96.1 Å². The summed E-state index contributed by atoms with van der Waals surface area (Å²) in [6.45, 7) is 0.